The molecule has 0 spiro atoms. The normalized spacial score (nSPS) is 13.8. The molecule has 0 radical (unpaired) electrons. The highest BCUT2D eigenvalue weighted by molar-refractivity contribution is 5.94. The first-order chi connectivity index (χ1) is 14.7. The third-order valence-electron chi connectivity index (χ3n) is 5.28. The van der Waals surface area contributed by atoms with Gasteiger partial charge in [0.1, 0.15) is 17.3 Å². The molecule has 2 rings (SSSR count). The van der Waals surface area contributed by atoms with E-state index in [0.29, 0.717) is 17.0 Å². The summed E-state index contributed by atoms with van der Waals surface area (Å²) in [6.45, 7) is 17.3. The predicted molar refractivity (Wildman–Crippen MR) is 126 cm³/mol. The zero-order valence-corrected chi connectivity index (χ0v) is 21.0. The second kappa shape index (κ2) is 9.20. The Balaban J connectivity index is 2.61. The summed E-state index contributed by atoms with van der Waals surface area (Å²) in [5, 5.41) is 14.6. The summed E-state index contributed by atoms with van der Waals surface area (Å²) in [5.74, 6) is -0.0406. The fourth-order valence-corrected chi connectivity index (χ4v) is 3.22. The van der Waals surface area contributed by atoms with Crippen LogP contribution < -0.4 is 0 Å². The van der Waals surface area contributed by atoms with E-state index < -0.39 is 11.7 Å². The Morgan fingerprint density at radius 3 is 2.03 bits per heavy atom. The smallest absolute Gasteiger partial charge is 0.314 e. The Hall–Kier alpha value is -3.07. The first-order valence-electron chi connectivity index (χ1n) is 10.8. The van der Waals surface area contributed by atoms with Gasteiger partial charge in [-0.05, 0) is 51.2 Å². The largest absolute Gasteiger partial charge is 0.451 e. The van der Waals surface area contributed by atoms with Gasteiger partial charge in [-0.1, -0.05) is 45.0 Å². The van der Waals surface area contributed by atoms with Crippen molar-refractivity contribution in [3.63, 3.8) is 0 Å². The lowest BCUT2D eigenvalue weighted by atomic mass is 9.86. The maximum Gasteiger partial charge on any atom is 0.314 e. The van der Waals surface area contributed by atoms with Crippen LogP contribution in [0.5, 0.6) is 0 Å². The number of esters is 1. The molecule has 0 bridgehead atoms. The lowest BCUT2D eigenvalue weighted by Gasteiger charge is -2.24. The fraction of sp³-hybridized carbons (Fsp3) is 0.500. The molecule has 1 aromatic carbocycles. The molecule has 0 aliphatic rings. The van der Waals surface area contributed by atoms with Gasteiger partial charge >= 0.3 is 5.97 Å². The second-order valence-electron chi connectivity index (χ2n) is 10.2. The minimum atomic E-state index is -0.886. The standard InChI is InChI=1S/C26H35N3O3/c1-16-17(2)28-29(10)22(16)23(31-18(3)32-24(30)26(7,8)9)21(15-27)19-11-13-20(14-12-19)25(4,5)6/h11-14,18H,1-10H3/b23-21-. The van der Waals surface area contributed by atoms with Gasteiger partial charge in [0.25, 0.3) is 0 Å². The molecule has 0 aliphatic carbocycles. The van der Waals surface area contributed by atoms with Crippen LogP contribution in [-0.2, 0) is 26.7 Å². The highest BCUT2D eigenvalue weighted by Crippen LogP contribution is 2.33. The van der Waals surface area contributed by atoms with Crippen LogP contribution in [0.2, 0.25) is 0 Å². The Labute approximate surface area is 191 Å². The molecule has 6 nitrogen and oxygen atoms in total. The maximum atomic E-state index is 12.4. The first-order valence-corrected chi connectivity index (χ1v) is 10.8. The van der Waals surface area contributed by atoms with Crippen molar-refractivity contribution in [2.45, 2.75) is 74.0 Å². The van der Waals surface area contributed by atoms with Crippen LogP contribution in [0.25, 0.3) is 11.3 Å². The van der Waals surface area contributed by atoms with Gasteiger partial charge in [-0.25, -0.2) is 0 Å². The molecule has 172 valence electrons. The Morgan fingerprint density at radius 2 is 1.62 bits per heavy atom. The summed E-state index contributed by atoms with van der Waals surface area (Å²) in [4.78, 5) is 12.4. The number of nitriles is 1. The SMILES string of the molecule is Cc1nn(C)c(/C(OC(C)OC(=O)C(C)(C)C)=C(\C#N)c2ccc(C(C)(C)C)cc2)c1C. The molecule has 0 saturated heterocycles. The number of benzene rings is 1. The zero-order valence-electron chi connectivity index (χ0n) is 21.0. The van der Waals surface area contributed by atoms with E-state index in [-0.39, 0.29) is 11.4 Å². The van der Waals surface area contributed by atoms with Crippen molar-refractivity contribution in [2.24, 2.45) is 12.5 Å². The molecule has 0 aliphatic heterocycles. The zero-order chi connectivity index (χ0) is 24.4. The van der Waals surface area contributed by atoms with Crippen LogP contribution in [0.15, 0.2) is 24.3 Å². The van der Waals surface area contributed by atoms with E-state index in [1.807, 2.05) is 45.2 Å². The van der Waals surface area contributed by atoms with Gasteiger partial charge in [-0.15, -0.1) is 0 Å². The van der Waals surface area contributed by atoms with Gasteiger partial charge in [0, 0.05) is 19.5 Å². The number of carbonyl (C=O) groups is 1. The van der Waals surface area contributed by atoms with Crippen LogP contribution in [0.3, 0.4) is 0 Å². The Morgan fingerprint density at radius 1 is 1.06 bits per heavy atom. The van der Waals surface area contributed by atoms with Gasteiger partial charge in [0.15, 0.2) is 5.76 Å². The number of aromatic nitrogens is 2. The number of rotatable bonds is 5. The summed E-state index contributed by atoms with van der Waals surface area (Å²) in [6.07, 6.45) is -0.886. The molecule has 0 fully saturated rings. The molecule has 0 N–H and O–H groups in total. The monoisotopic (exact) mass is 437 g/mol. The number of hydrogen-bond acceptors (Lipinski definition) is 5. The van der Waals surface area contributed by atoms with E-state index in [2.05, 4.69) is 31.9 Å². The van der Waals surface area contributed by atoms with Crippen LogP contribution in [0.4, 0.5) is 0 Å². The van der Waals surface area contributed by atoms with E-state index in [0.717, 1.165) is 16.8 Å². The number of nitrogens with zero attached hydrogens (tertiary/aromatic N) is 3. The number of allylic oxidation sites excluding steroid dienone is 1. The molecule has 2 aromatic rings. The van der Waals surface area contributed by atoms with Crippen molar-refractivity contribution >= 4 is 17.3 Å². The second-order valence-corrected chi connectivity index (χ2v) is 10.2. The highest BCUT2D eigenvalue weighted by Gasteiger charge is 2.28. The molecule has 0 amide bonds. The van der Waals surface area contributed by atoms with Crippen molar-refractivity contribution in [1.82, 2.24) is 9.78 Å². The lowest BCUT2D eigenvalue weighted by Crippen LogP contribution is -2.28. The van der Waals surface area contributed by atoms with Gasteiger partial charge in [-0.3, -0.25) is 9.48 Å². The average molecular weight is 438 g/mol. The molecule has 6 heteroatoms. The molecule has 32 heavy (non-hydrogen) atoms. The van der Waals surface area contributed by atoms with Crippen molar-refractivity contribution < 1.29 is 14.3 Å². The number of ether oxygens (including phenoxy) is 2. The highest BCUT2D eigenvalue weighted by atomic mass is 16.7. The van der Waals surface area contributed by atoms with Gasteiger partial charge in [0.05, 0.1) is 11.1 Å². The quantitative estimate of drug-likeness (QED) is 0.260. The Bertz CT molecular complexity index is 1060. The molecule has 1 aromatic heterocycles. The van der Waals surface area contributed by atoms with E-state index in [4.69, 9.17) is 9.47 Å². The van der Waals surface area contributed by atoms with Gasteiger partial charge < -0.3 is 9.47 Å². The third-order valence-corrected chi connectivity index (χ3v) is 5.28. The first kappa shape index (κ1) is 25.2. The summed E-state index contributed by atoms with van der Waals surface area (Å²) in [7, 11) is 1.81. The predicted octanol–water partition coefficient (Wildman–Crippen LogP) is 5.68. The summed E-state index contributed by atoms with van der Waals surface area (Å²) in [5.41, 5.74) is 4.00. The Kier molecular flexibility index (Phi) is 7.24. The van der Waals surface area contributed by atoms with Crippen molar-refractivity contribution in [3.8, 4) is 6.07 Å². The van der Waals surface area contributed by atoms with Crippen molar-refractivity contribution in [3.05, 3.63) is 52.3 Å². The number of carbonyl (C=O) groups excluding carboxylic acids is 1. The molecular weight excluding hydrogens is 402 g/mol. The molecule has 1 unspecified atom stereocenters. The van der Waals surface area contributed by atoms with Crippen LogP contribution >= 0.6 is 0 Å². The molecule has 1 heterocycles. The minimum absolute atomic E-state index is 0.000208. The molecular formula is C26H35N3O3. The summed E-state index contributed by atoms with van der Waals surface area (Å²) < 4.78 is 13.3. The van der Waals surface area contributed by atoms with Crippen LogP contribution in [0, 0.1) is 30.6 Å². The minimum Gasteiger partial charge on any atom is -0.451 e. The topological polar surface area (TPSA) is 77.1 Å². The number of hydrogen-bond donors (Lipinski definition) is 0. The summed E-state index contributed by atoms with van der Waals surface area (Å²) >= 11 is 0. The average Bonchev–Trinajstić information content (AvgIpc) is 2.92. The summed E-state index contributed by atoms with van der Waals surface area (Å²) in [6, 6.07) is 10.2. The maximum absolute atomic E-state index is 12.4. The van der Waals surface area contributed by atoms with E-state index in [1.54, 1.807) is 32.4 Å². The number of aryl methyl sites for hydroxylation is 2. The molecule has 1 atom stereocenters. The third kappa shape index (κ3) is 5.59. The van der Waals surface area contributed by atoms with Gasteiger partial charge in [-0.2, -0.15) is 10.4 Å². The van der Waals surface area contributed by atoms with Crippen molar-refractivity contribution in [1.29, 1.82) is 5.26 Å². The van der Waals surface area contributed by atoms with Crippen molar-refractivity contribution in [2.75, 3.05) is 0 Å². The lowest BCUT2D eigenvalue weighted by molar-refractivity contribution is -0.173. The van der Waals surface area contributed by atoms with Crippen LogP contribution in [-0.4, -0.2) is 22.0 Å². The van der Waals surface area contributed by atoms with Gasteiger partial charge in [0.2, 0.25) is 6.29 Å². The van der Waals surface area contributed by atoms with E-state index >= 15 is 0 Å². The van der Waals surface area contributed by atoms with E-state index in [1.165, 1.54) is 5.56 Å². The fourth-order valence-electron chi connectivity index (χ4n) is 3.22. The van der Waals surface area contributed by atoms with Crippen LogP contribution in [0.1, 0.15) is 76.5 Å². The van der Waals surface area contributed by atoms with E-state index in [9.17, 15) is 10.1 Å². The molecule has 0 saturated carbocycles.